The molecule has 43 heavy (non-hydrogen) atoms. The maximum Gasteiger partial charge on any atom is 0.283 e. The molecule has 2 heterocycles. The van der Waals surface area contributed by atoms with Gasteiger partial charge in [0, 0.05) is 71.5 Å². The standard InChI is InChI=1S/C35H45Cl2N4O2/c1-39(2)34(43)35(17-19-38-20-18-35)41(21-7-4-8-22-41)23-16-28(27-14-15-31(36)32(37)24-27)25-40(3)33(42)30-13-9-11-26-10-5-6-12-29(26)30/h5-6,9-15,24,28,38H,4,7-8,16-23,25H2,1-3H3/q+1. The summed E-state index contributed by atoms with van der Waals surface area (Å²) < 4.78 is 0.824. The largest absolute Gasteiger partial charge is 0.343 e. The smallest absolute Gasteiger partial charge is 0.283 e. The molecule has 2 amide bonds. The fraction of sp³-hybridized carbons (Fsp3) is 0.486. The van der Waals surface area contributed by atoms with Crippen LogP contribution in [0.3, 0.4) is 0 Å². The summed E-state index contributed by atoms with van der Waals surface area (Å²) >= 11 is 12.9. The van der Waals surface area contributed by atoms with Gasteiger partial charge in [-0.25, -0.2) is 0 Å². The highest BCUT2D eigenvalue weighted by molar-refractivity contribution is 6.42. The number of fused-ring (bicyclic) bond motifs is 1. The maximum absolute atomic E-state index is 14.0. The zero-order chi connectivity index (χ0) is 30.6. The van der Waals surface area contributed by atoms with E-state index in [2.05, 4.69) is 5.32 Å². The molecule has 1 atom stereocenters. The fourth-order valence-electron chi connectivity index (χ4n) is 7.69. The molecule has 230 valence electrons. The van der Waals surface area contributed by atoms with Crippen molar-refractivity contribution in [3.05, 3.63) is 81.8 Å². The molecule has 3 aromatic rings. The van der Waals surface area contributed by atoms with Crippen LogP contribution >= 0.6 is 23.2 Å². The number of likely N-dealkylation sites (N-methyl/N-ethyl adjacent to an activating group) is 2. The van der Waals surface area contributed by atoms with Crippen molar-refractivity contribution in [2.24, 2.45) is 0 Å². The van der Waals surface area contributed by atoms with E-state index in [1.165, 1.54) is 6.42 Å². The maximum atomic E-state index is 14.0. The second kappa shape index (κ2) is 13.6. The van der Waals surface area contributed by atoms with Gasteiger partial charge >= 0.3 is 0 Å². The Morgan fingerprint density at radius 3 is 2.30 bits per heavy atom. The summed E-state index contributed by atoms with van der Waals surface area (Å²) in [6.45, 7) is 5.16. The minimum absolute atomic E-state index is 0.00124. The van der Waals surface area contributed by atoms with Crippen molar-refractivity contribution in [3.8, 4) is 0 Å². The van der Waals surface area contributed by atoms with E-state index >= 15 is 0 Å². The molecule has 2 aliphatic heterocycles. The Bertz CT molecular complexity index is 1440. The lowest BCUT2D eigenvalue weighted by molar-refractivity contribution is -0.972. The Morgan fingerprint density at radius 2 is 1.60 bits per heavy atom. The van der Waals surface area contributed by atoms with Gasteiger partial charge in [0.05, 0.1) is 29.7 Å². The number of rotatable bonds is 9. The molecule has 1 N–H and O–H groups in total. The van der Waals surface area contributed by atoms with E-state index in [1.54, 1.807) is 0 Å². The average Bonchev–Trinajstić information content (AvgIpc) is 3.04. The van der Waals surface area contributed by atoms with Gasteiger partial charge in [0.2, 0.25) is 0 Å². The number of nitrogens with one attached hydrogen (secondary N) is 1. The number of halogens is 2. The highest BCUT2D eigenvalue weighted by Gasteiger charge is 2.57. The first-order chi connectivity index (χ1) is 20.7. The van der Waals surface area contributed by atoms with Gasteiger partial charge < -0.3 is 19.6 Å². The molecular formula is C35H45Cl2N4O2+. The van der Waals surface area contributed by atoms with Crippen molar-refractivity contribution in [1.29, 1.82) is 0 Å². The normalized spacial score (nSPS) is 18.6. The lowest BCUT2D eigenvalue weighted by Gasteiger charge is -2.56. The molecular weight excluding hydrogens is 579 g/mol. The van der Waals surface area contributed by atoms with E-state index in [-0.39, 0.29) is 17.7 Å². The van der Waals surface area contributed by atoms with Crippen LogP contribution in [-0.4, -0.2) is 92.0 Å². The number of carbonyl (C=O) groups excluding carboxylic acids is 2. The quantitative estimate of drug-likeness (QED) is 0.273. The Hall–Kier alpha value is -2.64. The van der Waals surface area contributed by atoms with Crippen LogP contribution in [0, 0.1) is 0 Å². The lowest BCUT2D eigenvalue weighted by Crippen LogP contribution is -2.74. The van der Waals surface area contributed by atoms with E-state index in [9.17, 15) is 9.59 Å². The summed E-state index contributed by atoms with van der Waals surface area (Å²) in [6.07, 6.45) is 6.01. The Labute approximate surface area is 266 Å². The van der Waals surface area contributed by atoms with Gasteiger partial charge in [0.1, 0.15) is 0 Å². The first-order valence-corrected chi connectivity index (χ1v) is 16.4. The van der Waals surface area contributed by atoms with Crippen LogP contribution in [0.1, 0.15) is 60.4 Å². The highest BCUT2D eigenvalue weighted by Crippen LogP contribution is 2.40. The second-order valence-corrected chi connectivity index (χ2v) is 13.5. The molecule has 8 heteroatoms. The predicted octanol–water partition coefficient (Wildman–Crippen LogP) is 6.60. The first-order valence-electron chi connectivity index (χ1n) is 15.6. The van der Waals surface area contributed by atoms with Gasteiger partial charge in [-0.05, 0) is 53.8 Å². The molecule has 2 fully saturated rings. The summed E-state index contributed by atoms with van der Waals surface area (Å²) in [5.41, 5.74) is 1.35. The lowest BCUT2D eigenvalue weighted by atomic mass is 9.79. The molecule has 0 spiro atoms. The minimum Gasteiger partial charge on any atom is -0.343 e. The van der Waals surface area contributed by atoms with Crippen molar-refractivity contribution in [2.75, 3.05) is 60.4 Å². The highest BCUT2D eigenvalue weighted by atomic mass is 35.5. The second-order valence-electron chi connectivity index (χ2n) is 12.7. The van der Waals surface area contributed by atoms with Crippen molar-refractivity contribution in [1.82, 2.24) is 15.1 Å². The third-order valence-electron chi connectivity index (χ3n) is 10.00. The number of quaternary nitrogens is 1. The average molecular weight is 625 g/mol. The summed E-state index contributed by atoms with van der Waals surface area (Å²) in [5, 5.41) is 6.56. The van der Waals surface area contributed by atoms with Crippen LogP contribution < -0.4 is 5.32 Å². The van der Waals surface area contributed by atoms with Gasteiger partial charge in [0.25, 0.3) is 11.8 Å². The van der Waals surface area contributed by atoms with Crippen LogP contribution in [0.5, 0.6) is 0 Å². The first kappa shape index (κ1) is 31.8. The van der Waals surface area contributed by atoms with Gasteiger partial charge in [-0.2, -0.15) is 0 Å². The third-order valence-corrected chi connectivity index (χ3v) is 10.7. The van der Waals surface area contributed by atoms with Crippen LogP contribution in [0.4, 0.5) is 0 Å². The van der Waals surface area contributed by atoms with Crippen LogP contribution in [0.15, 0.2) is 60.7 Å². The summed E-state index contributed by atoms with van der Waals surface area (Å²) in [6, 6.07) is 19.8. The monoisotopic (exact) mass is 623 g/mol. The SMILES string of the molecule is CN(C)C(=O)C1([N+]2(CCC(CN(C)C(=O)c3cccc4ccccc34)c3ccc(Cl)c(Cl)c3)CCCCC2)CCNCC1. The topological polar surface area (TPSA) is 52.7 Å². The summed E-state index contributed by atoms with van der Waals surface area (Å²) in [5.74, 6) is 0.287. The molecule has 0 saturated carbocycles. The van der Waals surface area contributed by atoms with Crippen molar-refractivity contribution in [3.63, 3.8) is 0 Å². The fourth-order valence-corrected chi connectivity index (χ4v) is 8.00. The number of amides is 2. The predicted molar refractivity (Wildman–Crippen MR) is 177 cm³/mol. The molecule has 0 aromatic heterocycles. The number of nitrogens with zero attached hydrogens (tertiary/aromatic N) is 3. The van der Waals surface area contributed by atoms with E-state index < -0.39 is 5.54 Å². The molecule has 2 saturated heterocycles. The number of benzene rings is 3. The molecule has 0 aliphatic carbocycles. The molecule has 6 nitrogen and oxygen atoms in total. The number of carbonyl (C=O) groups is 2. The molecule has 5 rings (SSSR count). The van der Waals surface area contributed by atoms with Crippen molar-refractivity contribution >= 4 is 45.8 Å². The van der Waals surface area contributed by atoms with Gasteiger partial charge in [-0.1, -0.05) is 65.7 Å². The van der Waals surface area contributed by atoms with E-state index in [4.69, 9.17) is 23.2 Å². The zero-order valence-corrected chi connectivity index (χ0v) is 27.3. The van der Waals surface area contributed by atoms with Crippen molar-refractivity contribution in [2.45, 2.75) is 50.0 Å². The molecule has 0 bridgehead atoms. The van der Waals surface area contributed by atoms with Crippen LogP contribution in [0.25, 0.3) is 10.8 Å². The van der Waals surface area contributed by atoms with E-state index in [1.807, 2.05) is 91.6 Å². The van der Waals surface area contributed by atoms with Crippen LogP contribution in [-0.2, 0) is 4.79 Å². The van der Waals surface area contributed by atoms with Gasteiger partial charge in [-0.3, -0.25) is 9.59 Å². The Balaban J connectivity index is 1.47. The van der Waals surface area contributed by atoms with Gasteiger partial charge in [-0.15, -0.1) is 0 Å². The van der Waals surface area contributed by atoms with Crippen LogP contribution in [0.2, 0.25) is 10.0 Å². The van der Waals surface area contributed by atoms with Crippen molar-refractivity contribution < 1.29 is 14.1 Å². The van der Waals surface area contributed by atoms with Gasteiger partial charge in [0.15, 0.2) is 5.54 Å². The zero-order valence-electron chi connectivity index (χ0n) is 25.8. The number of hydrogen-bond acceptors (Lipinski definition) is 3. The van der Waals surface area contributed by atoms with E-state index in [0.29, 0.717) is 22.2 Å². The molecule has 3 aromatic carbocycles. The number of piperidine rings is 2. The molecule has 0 radical (unpaired) electrons. The van der Waals surface area contributed by atoms with E-state index in [0.717, 1.165) is 85.6 Å². The molecule has 2 aliphatic rings. The Kier molecular flexibility index (Phi) is 10.0. The minimum atomic E-state index is -0.429. The molecule has 1 unspecified atom stereocenters. The third kappa shape index (κ3) is 6.44. The summed E-state index contributed by atoms with van der Waals surface area (Å²) in [7, 11) is 5.70. The Morgan fingerprint density at radius 1 is 0.907 bits per heavy atom. The number of likely N-dealkylation sites (tertiary alicyclic amines) is 1. The summed E-state index contributed by atoms with van der Waals surface area (Å²) in [4.78, 5) is 31.6. The number of hydrogen-bond donors (Lipinski definition) is 1.